The molecule has 0 aromatic carbocycles. The molecule has 0 atom stereocenters. The van der Waals surface area contributed by atoms with Crippen LogP contribution in [0.15, 0.2) is 41.7 Å². The van der Waals surface area contributed by atoms with Gasteiger partial charge in [-0.1, -0.05) is 12.2 Å². The summed E-state index contributed by atoms with van der Waals surface area (Å²) in [6.07, 6.45) is 11.5. The largest absolute Gasteiger partial charge is 0.360 e. The second-order valence-corrected chi connectivity index (χ2v) is 2.30. The fourth-order valence-electron chi connectivity index (χ4n) is 1.01. The van der Waals surface area contributed by atoms with Crippen LogP contribution in [0.3, 0.4) is 0 Å². The summed E-state index contributed by atoms with van der Waals surface area (Å²) in [4.78, 5) is 7.30. The van der Waals surface area contributed by atoms with Crippen LogP contribution in [0.2, 0.25) is 0 Å². The molecule has 0 radical (unpaired) electrons. The third kappa shape index (κ3) is 1.15. The van der Waals surface area contributed by atoms with Gasteiger partial charge in [-0.15, -0.1) is 0 Å². The van der Waals surface area contributed by atoms with Crippen LogP contribution in [-0.4, -0.2) is 4.98 Å². The molecular formula is C9H8N2. The third-order valence-corrected chi connectivity index (χ3v) is 1.54. The molecule has 2 heterocycles. The molecule has 0 unspecified atom stereocenters. The van der Waals surface area contributed by atoms with Crippen molar-refractivity contribution in [2.24, 2.45) is 4.99 Å². The van der Waals surface area contributed by atoms with Crippen molar-refractivity contribution in [1.82, 2.24) is 4.98 Å². The summed E-state index contributed by atoms with van der Waals surface area (Å²) in [5, 5.41) is 2.05. The van der Waals surface area contributed by atoms with Gasteiger partial charge in [-0.25, -0.2) is 0 Å². The maximum Gasteiger partial charge on any atom is 0.0878 e. The quantitative estimate of drug-likeness (QED) is 0.549. The molecule has 1 N–H and O–H groups in total. The van der Waals surface area contributed by atoms with Gasteiger partial charge in [0.25, 0.3) is 0 Å². The Balaban J connectivity index is 2.80. The van der Waals surface area contributed by atoms with Crippen molar-refractivity contribution < 1.29 is 0 Å². The standard InChI is InChI=1S/C9H8N2/c1-2-4-8-9(5-7-11-8)10-6-3-1/h1-7,11H/b2-1-,3-1?,4-2?,6-3-,8-4+,10-6?,10-9-. The number of fused-ring (bicyclic) bond motifs is 1. The van der Waals surface area contributed by atoms with Gasteiger partial charge in [0, 0.05) is 12.4 Å². The topological polar surface area (TPSA) is 28.1 Å². The molecule has 11 heavy (non-hydrogen) atoms. The summed E-state index contributed by atoms with van der Waals surface area (Å²) >= 11 is 0. The molecular weight excluding hydrogens is 136 g/mol. The van der Waals surface area contributed by atoms with Gasteiger partial charge in [-0.3, -0.25) is 4.99 Å². The summed E-state index contributed by atoms with van der Waals surface area (Å²) in [5.41, 5.74) is 0. The molecule has 2 heteroatoms. The Hall–Kier alpha value is -1.57. The summed E-state index contributed by atoms with van der Waals surface area (Å²) in [7, 11) is 0. The first-order valence-corrected chi connectivity index (χ1v) is 3.51. The lowest BCUT2D eigenvalue weighted by atomic mass is 10.4. The first-order chi connectivity index (χ1) is 5.47. The highest BCUT2D eigenvalue weighted by Crippen LogP contribution is 1.81. The predicted octanol–water partition coefficient (Wildman–Crippen LogP) is 0.498. The Morgan fingerprint density at radius 3 is 3.18 bits per heavy atom. The van der Waals surface area contributed by atoms with Gasteiger partial charge < -0.3 is 4.98 Å². The Morgan fingerprint density at radius 2 is 2.18 bits per heavy atom. The highest BCUT2D eigenvalue weighted by atomic mass is 14.7. The smallest absolute Gasteiger partial charge is 0.0878 e. The van der Waals surface area contributed by atoms with E-state index in [1.807, 2.05) is 36.6 Å². The number of H-pyrrole nitrogens is 1. The minimum absolute atomic E-state index is 0.991. The third-order valence-electron chi connectivity index (χ3n) is 1.54. The molecule has 1 aliphatic rings. The summed E-state index contributed by atoms with van der Waals surface area (Å²) < 4.78 is 0. The van der Waals surface area contributed by atoms with Crippen molar-refractivity contribution in [3.63, 3.8) is 0 Å². The van der Waals surface area contributed by atoms with E-state index in [2.05, 4.69) is 9.98 Å². The first-order valence-electron chi connectivity index (χ1n) is 3.51. The maximum absolute atomic E-state index is 4.21. The molecule has 0 amide bonds. The van der Waals surface area contributed by atoms with Crippen LogP contribution in [0.4, 0.5) is 0 Å². The SMILES string of the molecule is C1=C\C=c2\[nH]cc\c2=N\C=C/1. The maximum atomic E-state index is 4.21. The molecule has 2 rings (SSSR count). The van der Waals surface area contributed by atoms with Gasteiger partial charge >= 0.3 is 0 Å². The average Bonchev–Trinajstić information content (AvgIpc) is 2.35. The summed E-state index contributed by atoms with van der Waals surface area (Å²) in [6.45, 7) is 0. The molecule has 0 fully saturated rings. The average molecular weight is 144 g/mol. The van der Waals surface area contributed by atoms with E-state index in [0.29, 0.717) is 0 Å². The highest BCUT2D eigenvalue weighted by molar-refractivity contribution is 5.36. The van der Waals surface area contributed by atoms with Crippen molar-refractivity contribution in [2.45, 2.75) is 0 Å². The molecule has 0 bridgehead atoms. The fourth-order valence-corrected chi connectivity index (χ4v) is 1.01. The second kappa shape index (κ2) is 2.58. The van der Waals surface area contributed by atoms with Crippen LogP contribution in [0.25, 0.3) is 6.08 Å². The Bertz CT molecular complexity index is 369. The summed E-state index contributed by atoms with van der Waals surface area (Å²) in [5.74, 6) is 0. The Kier molecular flexibility index (Phi) is 1.44. The number of nitrogens with zero attached hydrogens (tertiary/aromatic N) is 1. The number of nitrogens with one attached hydrogen (secondary N) is 1. The number of allylic oxidation sites excluding steroid dienone is 3. The normalized spacial score (nSPS) is 26.2. The lowest BCUT2D eigenvalue weighted by Gasteiger charge is -1.81. The lowest BCUT2D eigenvalue weighted by molar-refractivity contribution is 1.25. The number of aromatic nitrogens is 1. The number of hydrogen-bond acceptors (Lipinski definition) is 1. The van der Waals surface area contributed by atoms with Gasteiger partial charge in [-0.2, -0.15) is 0 Å². The van der Waals surface area contributed by atoms with Crippen molar-refractivity contribution in [3.05, 3.63) is 47.4 Å². The first kappa shape index (κ1) is 6.16. The van der Waals surface area contributed by atoms with Crippen molar-refractivity contribution in [1.29, 1.82) is 0 Å². The molecule has 2 nitrogen and oxygen atoms in total. The minimum Gasteiger partial charge on any atom is -0.360 e. The van der Waals surface area contributed by atoms with E-state index >= 15 is 0 Å². The Labute approximate surface area is 64.3 Å². The molecule has 0 aliphatic carbocycles. The minimum atomic E-state index is 0.991. The van der Waals surface area contributed by atoms with E-state index in [4.69, 9.17) is 0 Å². The molecule has 1 aromatic rings. The van der Waals surface area contributed by atoms with Crippen LogP contribution in [0.5, 0.6) is 0 Å². The van der Waals surface area contributed by atoms with Crippen LogP contribution < -0.4 is 10.7 Å². The van der Waals surface area contributed by atoms with Crippen LogP contribution in [0, 0.1) is 0 Å². The van der Waals surface area contributed by atoms with E-state index in [0.717, 1.165) is 10.7 Å². The lowest BCUT2D eigenvalue weighted by Crippen LogP contribution is -2.21. The van der Waals surface area contributed by atoms with Crippen molar-refractivity contribution in [2.75, 3.05) is 0 Å². The zero-order valence-corrected chi connectivity index (χ0v) is 5.99. The number of aromatic amines is 1. The highest BCUT2D eigenvalue weighted by Gasteiger charge is 1.84. The van der Waals surface area contributed by atoms with Crippen LogP contribution in [-0.2, 0) is 0 Å². The molecule has 54 valence electrons. The Morgan fingerprint density at radius 1 is 1.18 bits per heavy atom. The monoisotopic (exact) mass is 144 g/mol. The predicted molar refractivity (Wildman–Crippen MR) is 44.3 cm³/mol. The van der Waals surface area contributed by atoms with Crippen molar-refractivity contribution in [3.8, 4) is 0 Å². The zero-order valence-electron chi connectivity index (χ0n) is 5.99. The van der Waals surface area contributed by atoms with E-state index in [-0.39, 0.29) is 0 Å². The van der Waals surface area contributed by atoms with Crippen LogP contribution >= 0.6 is 0 Å². The van der Waals surface area contributed by atoms with Gasteiger partial charge in [0.1, 0.15) is 0 Å². The van der Waals surface area contributed by atoms with E-state index < -0.39 is 0 Å². The van der Waals surface area contributed by atoms with Gasteiger partial charge in [0.2, 0.25) is 0 Å². The molecule has 0 spiro atoms. The van der Waals surface area contributed by atoms with E-state index in [1.54, 1.807) is 6.20 Å². The van der Waals surface area contributed by atoms with Crippen molar-refractivity contribution >= 4 is 6.08 Å². The van der Waals surface area contributed by atoms with Gasteiger partial charge in [0.05, 0.1) is 10.7 Å². The molecule has 1 aliphatic heterocycles. The van der Waals surface area contributed by atoms with E-state index in [1.165, 1.54) is 0 Å². The fraction of sp³-hybridized carbons (Fsp3) is 0. The molecule has 0 saturated heterocycles. The number of rotatable bonds is 0. The van der Waals surface area contributed by atoms with E-state index in [9.17, 15) is 0 Å². The second-order valence-electron chi connectivity index (χ2n) is 2.30. The zero-order chi connectivity index (χ0) is 7.52. The summed E-state index contributed by atoms with van der Waals surface area (Å²) in [6, 6.07) is 1.95. The number of hydrogen-bond donors (Lipinski definition) is 1. The van der Waals surface area contributed by atoms with Gasteiger partial charge in [-0.05, 0) is 18.2 Å². The van der Waals surface area contributed by atoms with Crippen LogP contribution in [0.1, 0.15) is 0 Å². The molecule has 1 aromatic heterocycles. The van der Waals surface area contributed by atoms with Gasteiger partial charge in [0.15, 0.2) is 0 Å². The molecule has 0 saturated carbocycles.